The molecule has 1 atom stereocenters. The first-order chi connectivity index (χ1) is 8.21. The average molecular weight is 266 g/mol. The first-order valence-electron chi connectivity index (χ1n) is 4.26. The quantitative estimate of drug-likeness (QED) is 0.270. The van der Waals surface area contributed by atoms with E-state index in [0.29, 0.717) is 0 Å². The van der Waals surface area contributed by atoms with E-state index in [1.807, 2.05) is 0 Å². The summed E-state index contributed by atoms with van der Waals surface area (Å²) in [7, 11) is 0. The van der Waals surface area contributed by atoms with Crippen molar-refractivity contribution in [3.8, 4) is 0 Å². The van der Waals surface area contributed by atoms with Gasteiger partial charge in [0.05, 0.1) is 12.8 Å². The van der Waals surface area contributed by atoms with Gasteiger partial charge in [-0.15, -0.1) is 0 Å². The summed E-state index contributed by atoms with van der Waals surface area (Å²) >= 11 is 0. The molecule has 11 nitrogen and oxygen atoms in total. The van der Waals surface area contributed by atoms with Crippen molar-refractivity contribution >= 4 is 23.9 Å². The minimum atomic E-state index is -2.85. The van der Waals surface area contributed by atoms with Gasteiger partial charge in [0.1, 0.15) is 0 Å². The molecule has 0 aliphatic carbocycles. The number of hydrogen-bond acceptors (Lipinski definition) is 8. The number of nitrogens with two attached hydrogens (primary N) is 1. The van der Waals surface area contributed by atoms with E-state index in [1.165, 1.54) is 5.48 Å². The molecule has 0 fully saturated rings. The van der Waals surface area contributed by atoms with Gasteiger partial charge in [-0.3, -0.25) is 0 Å². The Labute approximate surface area is 99.0 Å². The van der Waals surface area contributed by atoms with Crippen LogP contribution in [0.25, 0.3) is 0 Å². The van der Waals surface area contributed by atoms with Gasteiger partial charge in [0, 0.05) is 0 Å². The van der Waals surface area contributed by atoms with Gasteiger partial charge in [0.25, 0.3) is 0 Å². The van der Waals surface area contributed by atoms with Crippen LogP contribution in [0.15, 0.2) is 0 Å². The van der Waals surface area contributed by atoms with Gasteiger partial charge < -0.3 is 25.7 Å². The fourth-order valence-electron chi connectivity index (χ4n) is 0.867. The van der Waals surface area contributed by atoms with Crippen molar-refractivity contribution in [3.63, 3.8) is 0 Å². The van der Waals surface area contributed by atoms with Crippen molar-refractivity contribution < 1.29 is 44.4 Å². The number of carboxylic acids is 1. The molecule has 0 bridgehead atoms. The van der Waals surface area contributed by atoms with E-state index in [4.69, 9.17) is 10.4 Å². The number of rotatable bonds is 5. The van der Waals surface area contributed by atoms with Crippen LogP contribution in [0.3, 0.4) is 0 Å². The van der Waals surface area contributed by atoms with Crippen molar-refractivity contribution in [2.45, 2.75) is 18.4 Å². The number of aliphatic hydroxyl groups is 1. The van der Waals surface area contributed by atoms with Crippen LogP contribution in [0.1, 0.15) is 12.8 Å². The number of carbonyl (C=O) groups excluding carboxylic acids is 3. The molecule has 0 spiro atoms. The molecule has 0 saturated carbocycles. The van der Waals surface area contributed by atoms with E-state index < -0.39 is 42.4 Å². The normalized spacial score (nSPS) is 13.0. The summed E-state index contributed by atoms with van der Waals surface area (Å²) in [6, 6.07) is -1.23. The number of nitrogens with one attached hydrogen (secondary N) is 1. The molecule has 0 aliphatic heterocycles. The van der Waals surface area contributed by atoms with Gasteiger partial charge in [0.2, 0.25) is 0 Å². The molecule has 0 saturated heterocycles. The molecule has 0 aromatic carbocycles. The summed E-state index contributed by atoms with van der Waals surface area (Å²) in [4.78, 5) is 49.6. The van der Waals surface area contributed by atoms with Crippen LogP contribution in [0, 0.1) is 0 Å². The van der Waals surface area contributed by atoms with Crippen molar-refractivity contribution in [3.05, 3.63) is 0 Å². The van der Waals surface area contributed by atoms with E-state index in [1.54, 1.807) is 0 Å². The summed E-state index contributed by atoms with van der Waals surface area (Å²) in [5.74, 6) is -4.77. The lowest BCUT2D eigenvalue weighted by molar-refractivity contribution is -0.238. The molecule has 18 heavy (non-hydrogen) atoms. The lowest BCUT2D eigenvalue weighted by atomic mass is 9.96. The molecule has 0 heterocycles. The number of urea groups is 1. The SMILES string of the molecule is NC(=O)NOC(=O)CC(O)(CC(=O)OO)C(=O)O. The van der Waals surface area contributed by atoms with Gasteiger partial charge in [-0.25, -0.2) is 19.2 Å². The Kier molecular flexibility index (Phi) is 5.52. The molecule has 0 radical (unpaired) electrons. The predicted molar refractivity (Wildman–Crippen MR) is 49.4 cm³/mol. The second-order valence-electron chi connectivity index (χ2n) is 3.09. The topological polar surface area (TPSA) is 185 Å². The third kappa shape index (κ3) is 5.09. The summed E-state index contributed by atoms with van der Waals surface area (Å²) in [5.41, 5.74) is 3.10. The van der Waals surface area contributed by atoms with E-state index in [-0.39, 0.29) is 0 Å². The third-order valence-electron chi connectivity index (χ3n) is 1.64. The number of carboxylic acid groups (broad SMARTS) is 1. The second-order valence-corrected chi connectivity index (χ2v) is 3.09. The molecular formula is C7H10N2O9. The van der Waals surface area contributed by atoms with Gasteiger partial charge >= 0.3 is 23.9 Å². The smallest absolute Gasteiger partial charge is 0.345 e. The maximum atomic E-state index is 11.0. The third-order valence-corrected chi connectivity index (χ3v) is 1.64. The average Bonchev–Trinajstić information content (AvgIpc) is 2.25. The molecule has 6 N–H and O–H groups in total. The molecule has 0 aromatic rings. The van der Waals surface area contributed by atoms with Gasteiger partial charge in [-0.2, -0.15) is 10.7 Å². The molecule has 102 valence electrons. The van der Waals surface area contributed by atoms with Crippen LogP contribution < -0.4 is 11.2 Å². The summed E-state index contributed by atoms with van der Waals surface area (Å²) in [5, 5.41) is 26.1. The molecule has 11 heteroatoms. The number of hydrogen-bond donors (Lipinski definition) is 5. The Hall–Kier alpha value is -2.40. The van der Waals surface area contributed by atoms with Crippen LogP contribution in [0.2, 0.25) is 0 Å². The molecule has 0 aromatic heterocycles. The molecule has 1 unspecified atom stereocenters. The van der Waals surface area contributed by atoms with Crippen LogP contribution in [-0.2, 0) is 24.1 Å². The van der Waals surface area contributed by atoms with Gasteiger partial charge in [-0.05, 0) is 0 Å². The lowest BCUT2D eigenvalue weighted by Crippen LogP contribution is -2.44. The Balaban J connectivity index is 4.61. The van der Waals surface area contributed by atoms with Crippen LogP contribution in [-0.4, -0.2) is 45.0 Å². The zero-order valence-electron chi connectivity index (χ0n) is 8.78. The predicted octanol–water partition coefficient (Wildman–Crippen LogP) is -2.27. The van der Waals surface area contributed by atoms with Crippen molar-refractivity contribution in [1.82, 2.24) is 5.48 Å². The number of hydroxylamine groups is 1. The highest BCUT2D eigenvalue weighted by Crippen LogP contribution is 2.17. The summed E-state index contributed by atoms with van der Waals surface area (Å²) in [6.07, 6.45) is -2.39. The van der Waals surface area contributed by atoms with Crippen molar-refractivity contribution in [1.29, 1.82) is 0 Å². The van der Waals surface area contributed by atoms with Gasteiger partial charge in [0.15, 0.2) is 5.60 Å². The first-order valence-corrected chi connectivity index (χ1v) is 4.26. The first kappa shape index (κ1) is 15.6. The molecular weight excluding hydrogens is 256 g/mol. The van der Waals surface area contributed by atoms with Gasteiger partial charge in [-0.1, -0.05) is 0 Å². The summed E-state index contributed by atoms with van der Waals surface area (Å²) in [6.45, 7) is 0. The number of aliphatic carboxylic acids is 1. The Morgan fingerprint density at radius 2 is 1.67 bits per heavy atom. The van der Waals surface area contributed by atoms with Crippen molar-refractivity contribution in [2.75, 3.05) is 0 Å². The standard InChI is InChI=1S/C7H10N2O9/c8-6(14)9-17-3(10)1-7(15,5(12)13)2-4(11)18-16/h15-16H,1-2H2,(H,12,13)(H3,8,9,14). The van der Waals surface area contributed by atoms with Crippen molar-refractivity contribution in [2.24, 2.45) is 5.73 Å². The molecule has 0 rings (SSSR count). The van der Waals surface area contributed by atoms with Crippen LogP contribution in [0.5, 0.6) is 0 Å². The lowest BCUT2D eigenvalue weighted by Gasteiger charge is -2.20. The molecule has 0 aliphatic rings. The zero-order valence-corrected chi connectivity index (χ0v) is 8.78. The number of amides is 2. The Morgan fingerprint density at radius 1 is 1.17 bits per heavy atom. The second kappa shape index (κ2) is 6.36. The largest absolute Gasteiger partial charge is 0.479 e. The fraction of sp³-hybridized carbons (Fsp3) is 0.429. The van der Waals surface area contributed by atoms with E-state index in [0.717, 1.165) is 0 Å². The number of carbonyl (C=O) groups is 4. The highest BCUT2D eigenvalue weighted by molar-refractivity contribution is 5.89. The highest BCUT2D eigenvalue weighted by atomic mass is 17.1. The minimum Gasteiger partial charge on any atom is -0.479 e. The monoisotopic (exact) mass is 266 g/mol. The summed E-state index contributed by atoms with van der Waals surface area (Å²) < 4.78 is 0. The number of primary amides is 1. The van der Waals surface area contributed by atoms with Crippen LogP contribution >= 0.6 is 0 Å². The van der Waals surface area contributed by atoms with E-state index >= 15 is 0 Å². The van der Waals surface area contributed by atoms with E-state index in [2.05, 4.69) is 15.5 Å². The maximum absolute atomic E-state index is 11.0. The Bertz CT molecular complexity index is 368. The fourth-order valence-corrected chi connectivity index (χ4v) is 0.867. The zero-order chi connectivity index (χ0) is 14.3. The van der Waals surface area contributed by atoms with E-state index in [9.17, 15) is 24.3 Å². The Morgan fingerprint density at radius 3 is 2.06 bits per heavy atom. The highest BCUT2D eigenvalue weighted by Gasteiger charge is 2.42. The molecule has 2 amide bonds. The minimum absolute atomic E-state index is 1.18. The maximum Gasteiger partial charge on any atom is 0.345 e. The van der Waals surface area contributed by atoms with Crippen LogP contribution in [0.4, 0.5) is 4.79 Å².